The first-order valence-corrected chi connectivity index (χ1v) is 10.1. The lowest BCUT2D eigenvalue weighted by Gasteiger charge is -2.12. The number of nitrogens with zero attached hydrogens (tertiary/aromatic N) is 2. The topological polar surface area (TPSA) is 84.2 Å². The highest BCUT2D eigenvalue weighted by Crippen LogP contribution is 2.32. The van der Waals surface area contributed by atoms with Crippen LogP contribution in [0.3, 0.4) is 0 Å². The molecule has 9 heteroatoms. The first-order valence-electron chi connectivity index (χ1n) is 9.01. The fourth-order valence-corrected chi connectivity index (χ4v) is 3.29. The Kier molecular flexibility index (Phi) is 7.24. The van der Waals surface area contributed by atoms with E-state index in [1.54, 1.807) is 50.2 Å². The van der Waals surface area contributed by atoms with Crippen molar-refractivity contribution in [2.75, 3.05) is 11.9 Å². The molecular weight excluding hydrogens is 461 g/mol. The van der Waals surface area contributed by atoms with E-state index in [1.165, 1.54) is 6.07 Å². The highest BCUT2D eigenvalue weighted by molar-refractivity contribution is 6.35. The van der Waals surface area contributed by atoms with Gasteiger partial charge in [0.1, 0.15) is 23.1 Å². The molecule has 6 nitrogen and oxygen atoms in total. The van der Waals surface area contributed by atoms with E-state index in [4.69, 9.17) is 44.3 Å². The maximum atomic E-state index is 12.2. The zero-order valence-corrected chi connectivity index (χ0v) is 18.8. The molecule has 3 rings (SSSR count). The Bertz CT molecular complexity index is 1190. The Morgan fingerprint density at radius 1 is 1.16 bits per heavy atom. The van der Waals surface area contributed by atoms with Crippen molar-refractivity contribution in [3.8, 4) is 23.4 Å². The molecule has 0 spiro atoms. The molecule has 0 aliphatic rings. The number of aromatic nitrogens is 1. The number of ether oxygens (including phenoxy) is 2. The van der Waals surface area contributed by atoms with Gasteiger partial charge in [0.25, 0.3) is 5.91 Å². The molecule has 31 heavy (non-hydrogen) atoms. The predicted octanol–water partition coefficient (Wildman–Crippen LogP) is 6.34. The van der Waals surface area contributed by atoms with E-state index < -0.39 is 5.91 Å². The zero-order valence-electron chi connectivity index (χ0n) is 16.5. The second-order valence-electron chi connectivity index (χ2n) is 6.47. The Morgan fingerprint density at radius 2 is 1.94 bits per heavy atom. The molecule has 0 saturated heterocycles. The van der Waals surface area contributed by atoms with Gasteiger partial charge in [0.2, 0.25) is 5.88 Å². The molecule has 0 atom stereocenters. The molecule has 2 aromatic carbocycles. The SMILES string of the molecule is Cc1nc(Oc2cccc(NC(=O)COc3ccc(Cl)cc3Cl)c2)c(C#N)c(C)c1Cl. The molecular formula is C22H16Cl3N3O3. The van der Waals surface area contributed by atoms with Gasteiger partial charge in [-0.25, -0.2) is 4.98 Å². The molecule has 158 valence electrons. The minimum Gasteiger partial charge on any atom is -0.482 e. The van der Waals surface area contributed by atoms with Crippen LogP contribution in [-0.4, -0.2) is 17.5 Å². The number of amides is 1. The number of anilines is 1. The van der Waals surface area contributed by atoms with Gasteiger partial charge in [-0.1, -0.05) is 40.9 Å². The van der Waals surface area contributed by atoms with Gasteiger partial charge in [-0.3, -0.25) is 4.79 Å². The third-order valence-corrected chi connectivity index (χ3v) is 5.29. The summed E-state index contributed by atoms with van der Waals surface area (Å²) in [7, 11) is 0. The van der Waals surface area contributed by atoms with Gasteiger partial charge in [0.05, 0.1) is 15.7 Å². The molecule has 0 bridgehead atoms. The van der Waals surface area contributed by atoms with Crippen molar-refractivity contribution >= 4 is 46.4 Å². The second kappa shape index (κ2) is 9.88. The van der Waals surface area contributed by atoms with E-state index in [2.05, 4.69) is 16.4 Å². The number of pyridine rings is 1. The quantitative estimate of drug-likeness (QED) is 0.449. The van der Waals surface area contributed by atoms with Crippen LogP contribution in [-0.2, 0) is 4.79 Å². The smallest absolute Gasteiger partial charge is 0.262 e. The van der Waals surface area contributed by atoms with Crippen molar-refractivity contribution in [1.82, 2.24) is 4.98 Å². The summed E-state index contributed by atoms with van der Waals surface area (Å²) < 4.78 is 11.2. The molecule has 3 aromatic rings. The summed E-state index contributed by atoms with van der Waals surface area (Å²) >= 11 is 18.0. The molecule has 0 radical (unpaired) electrons. The van der Waals surface area contributed by atoms with Gasteiger partial charge < -0.3 is 14.8 Å². The normalized spacial score (nSPS) is 10.3. The minimum atomic E-state index is -0.391. The van der Waals surface area contributed by atoms with Crippen molar-refractivity contribution in [3.05, 3.63) is 74.4 Å². The van der Waals surface area contributed by atoms with Gasteiger partial charge >= 0.3 is 0 Å². The number of hydrogen-bond acceptors (Lipinski definition) is 5. The summed E-state index contributed by atoms with van der Waals surface area (Å²) in [6.07, 6.45) is 0. The maximum absolute atomic E-state index is 12.2. The summed E-state index contributed by atoms with van der Waals surface area (Å²) in [5, 5.41) is 13.4. The number of rotatable bonds is 6. The van der Waals surface area contributed by atoms with Crippen molar-refractivity contribution in [3.63, 3.8) is 0 Å². The van der Waals surface area contributed by atoms with E-state index in [9.17, 15) is 10.1 Å². The van der Waals surface area contributed by atoms with Crippen molar-refractivity contribution in [2.24, 2.45) is 0 Å². The lowest BCUT2D eigenvalue weighted by molar-refractivity contribution is -0.118. The number of nitriles is 1. The molecule has 1 N–H and O–H groups in total. The van der Waals surface area contributed by atoms with Gasteiger partial charge in [-0.05, 0) is 49.7 Å². The summed E-state index contributed by atoms with van der Waals surface area (Å²) in [5.41, 5.74) is 1.87. The van der Waals surface area contributed by atoms with E-state index in [1.807, 2.05) is 0 Å². The monoisotopic (exact) mass is 475 g/mol. The van der Waals surface area contributed by atoms with Crippen LogP contribution in [0.1, 0.15) is 16.8 Å². The van der Waals surface area contributed by atoms with Gasteiger partial charge in [0, 0.05) is 16.8 Å². The molecule has 0 unspecified atom stereocenters. The molecule has 1 aromatic heterocycles. The lowest BCUT2D eigenvalue weighted by atomic mass is 10.1. The number of halogens is 3. The van der Waals surface area contributed by atoms with Crippen LogP contribution in [0.15, 0.2) is 42.5 Å². The highest BCUT2D eigenvalue weighted by Gasteiger charge is 2.16. The number of benzene rings is 2. The number of aryl methyl sites for hydroxylation is 1. The van der Waals surface area contributed by atoms with Crippen molar-refractivity contribution in [1.29, 1.82) is 5.26 Å². The van der Waals surface area contributed by atoms with Crippen molar-refractivity contribution < 1.29 is 14.3 Å². The zero-order chi connectivity index (χ0) is 22.5. The first kappa shape index (κ1) is 22.7. The molecule has 0 saturated carbocycles. The Balaban J connectivity index is 1.69. The third-order valence-electron chi connectivity index (χ3n) is 4.20. The summed E-state index contributed by atoms with van der Waals surface area (Å²) in [4.78, 5) is 16.5. The number of carbonyl (C=O) groups excluding carboxylic acids is 1. The second-order valence-corrected chi connectivity index (χ2v) is 7.69. The molecule has 0 aliphatic heterocycles. The lowest BCUT2D eigenvalue weighted by Crippen LogP contribution is -2.20. The molecule has 1 amide bonds. The van der Waals surface area contributed by atoms with Gasteiger partial charge in [-0.15, -0.1) is 0 Å². The van der Waals surface area contributed by atoms with E-state index in [0.29, 0.717) is 43.5 Å². The largest absolute Gasteiger partial charge is 0.482 e. The minimum absolute atomic E-state index is 0.145. The third kappa shape index (κ3) is 5.59. The Morgan fingerprint density at radius 3 is 2.65 bits per heavy atom. The van der Waals surface area contributed by atoms with Crippen LogP contribution in [0, 0.1) is 25.2 Å². The Labute approximate surface area is 194 Å². The average Bonchev–Trinajstić information content (AvgIpc) is 2.72. The van der Waals surface area contributed by atoms with Crippen LogP contribution in [0.25, 0.3) is 0 Å². The first-order chi connectivity index (χ1) is 14.8. The van der Waals surface area contributed by atoms with Crippen LogP contribution in [0.5, 0.6) is 17.4 Å². The van der Waals surface area contributed by atoms with Gasteiger partial charge in [-0.2, -0.15) is 5.26 Å². The van der Waals surface area contributed by atoms with Crippen LogP contribution in [0.2, 0.25) is 15.1 Å². The standard InChI is InChI=1S/C22H16Cl3N3O3/c1-12-17(10-26)22(27-13(2)21(12)25)31-16-5-3-4-15(9-16)28-20(29)11-30-19-7-6-14(23)8-18(19)24/h3-9H,11H2,1-2H3,(H,28,29). The van der Waals surface area contributed by atoms with Crippen LogP contribution >= 0.6 is 34.8 Å². The van der Waals surface area contributed by atoms with Gasteiger partial charge in [0.15, 0.2) is 6.61 Å². The molecule has 1 heterocycles. The fraction of sp³-hybridized carbons (Fsp3) is 0.136. The van der Waals surface area contributed by atoms with E-state index in [-0.39, 0.29) is 18.1 Å². The van der Waals surface area contributed by atoms with E-state index in [0.717, 1.165) is 0 Å². The Hall–Kier alpha value is -2.98. The highest BCUT2D eigenvalue weighted by atomic mass is 35.5. The number of nitrogens with one attached hydrogen (secondary N) is 1. The van der Waals surface area contributed by atoms with Crippen LogP contribution < -0.4 is 14.8 Å². The molecule has 0 fully saturated rings. The number of hydrogen-bond donors (Lipinski definition) is 1. The fourth-order valence-electron chi connectivity index (χ4n) is 2.69. The summed E-state index contributed by atoms with van der Waals surface area (Å²) in [6.45, 7) is 3.21. The average molecular weight is 477 g/mol. The predicted molar refractivity (Wildman–Crippen MR) is 121 cm³/mol. The summed E-state index contributed by atoms with van der Waals surface area (Å²) in [5.74, 6) is 0.495. The van der Waals surface area contributed by atoms with Crippen molar-refractivity contribution in [2.45, 2.75) is 13.8 Å². The maximum Gasteiger partial charge on any atom is 0.262 e. The number of carbonyl (C=O) groups is 1. The van der Waals surface area contributed by atoms with Crippen LogP contribution in [0.4, 0.5) is 5.69 Å². The van der Waals surface area contributed by atoms with E-state index >= 15 is 0 Å². The summed E-state index contributed by atoms with van der Waals surface area (Å²) in [6, 6.07) is 13.5. The molecule has 0 aliphatic carbocycles.